The molecule has 2 N–H and O–H groups in total. The topological polar surface area (TPSA) is 86.8 Å². The van der Waals surface area contributed by atoms with Gasteiger partial charge in [-0.25, -0.2) is 0 Å². The van der Waals surface area contributed by atoms with Crippen molar-refractivity contribution in [1.29, 1.82) is 0 Å². The number of unbranched alkanes of at least 4 members (excludes halogenated alkanes) is 1. The SMILES string of the molecule is CCCCN(CCO)c1ccc(CO)cc1[N+](=O)[O-]. The summed E-state index contributed by atoms with van der Waals surface area (Å²) < 4.78 is 0. The average molecular weight is 268 g/mol. The highest BCUT2D eigenvalue weighted by Crippen LogP contribution is 2.29. The van der Waals surface area contributed by atoms with Crippen LogP contribution >= 0.6 is 0 Å². The molecule has 6 nitrogen and oxygen atoms in total. The number of anilines is 1. The van der Waals surface area contributed by atoms with E-state index in [-0.39, 0.29) is 18.9 Å². The van der Waals surface area contributed by atoms with Crippen LogP contribution in [-0.2, 0) is 6.61 Å². The minimum absolute atomic E-state index is 0.0314. The number of benzene rings is 1. The Labute approximate surface area is 112 Å². The van der Waals surface area contributed by atoms with E-state index in [0.717, 1.165) is 12.8 Å². The summed E-state index contributed by atoms with van der Waals surface area (Å²) in [5, 5.41) is 29.2. The summed E-state index contributed by atoms with van der Waals surface area (Å²) in [5.41, 5.74) is 0.968. The Hall–Kier alpha value is -1.66. The second kappa shape index (κ2) is 7.70. The molecule has 0 atom stereocenters. The van der Waals surface area contributed by atoms with Crippen LogP contribution < -0.4 is 4.90 Å². The summed E-state index contributed by atoms with van der Waals surface area (Å²) >= 11 is 0. The first-order chi connectivity index (χ1) is 9.13. The van der Waals surface area contributed by atoms with Crippen LogP contribution in [0.3, 0.4) is 0 Å². The molecule has 106 valence electrons. The molecule has 0 aliphatic carbocycles. The van der Waals surface area contributed by atoms with Crippen molar-refractivity contribution in [2.45, 2.75) is 26.4 Å². The van der Waals surface area contributed by atoms with Gasteiger partial charge in [0.15, 0.2) is 0 Å². The van der Waals surface area contributed by atoms with E-state index >= 15 is 0 Å². The standard InChI is InChI=1S/C13H20N2O4/c1-2-3-6-14(7-8-16)12-5-4-11(10-17)9-13(12)15(18)19/h4-5,9,16-17H,2-3,6-8,10H2,1H3. The highest BCUT2D eigenvalue weighted by atomic mass is 16.6. The fourth-order valence-corrected chi connectivity index (χ4v) is 1.90. The smallest absolute Gasteiger partial charge is 0.292 e. The number of aliphatic hydroxyl groups is 2. The first-order valence-corrected chi connectivity index (χ1v) is 6.38. The second-order valence-electron chi connectivity index (χ2n) is 4.30. The molecule has 0 aliphatic rings. The lowest BCUT2D eigenvalue weighted by Gasteiger charge is -2.23. The van der Waals surface area contributed by atoms with Gasteiger partial charge >= 0.3 is 0 Å². The molecule has 0 saturated carbocycles. The van der Waals surface area contributed by atoms with Gasteiger partial charge in [-0.2, -0.15) is 0 Å². The fraction of sp³-hybridized carbons (Fsp3) is 0.538. The predicted molar refractivity (Wildman–Crippen MR) is 73.2 cm³/mol. The number of aliphatic hydroxyl groups excluding tert-OH is 2. The molecule has 1 rings (SSSR count). The molecule has 6 heteroatoms. The summed E-state index contributed by atoms with van der Waals surface area (Å²) in [5.74, 6) is 0. The number of nitrogens with zero attached hydrogens (tertiary/aromatic N) is 2. The van der Waals surface area contributed by atoms with E-state index in [0.29, 0.717) is 24.3 Å². The zero-order valence-electron chi connectivity index (χ0n) is 11.1. The van der Waals surface area contributed by atoms with Crippen LogP contribution in [-0.4, -0.2) is 34.8 Å². The van der Waals surface area contributed by atoms with E-state index < -0.39 is 4.92 Å². The maximum Gasteiger partial charge on any atom is 0.292 e. The van der Waals surface area contributed by atoms with Crippen LogP contribution in [0.5, 0.6) is 0 Å². The zero-order valence-corrected chi connectivity index (χ0v) is 11.1. The molecule has 0 heterocycles. The second-order valence-corrected chi connectivity index (χ2v) is 4.30. The van der Waals surface area contributed by atoms with Crippen molar-refractivity contribution >= 4 is 11.4 Å². The monoisotopic (exact) mass is 268 g/mol. The molecule has 0 bridgehead atoms. The first-order valence-electron chi connectivity index (χ1n) is 6.38. The lowest BCUT2D eigenvalue weighted by Crippen LogP contribution is -2.28. The molecule has 0 amide bonds. The van der Waals surface area contributed by atoms with Crippen molar-refractivity contribution < 1.29 is 15.1 Å². The van der Waals surface area contributed by atoms with E-state index in [1.54, 1.807) is 12.1 Å². The van der Waals surface area contributed by atoms with E-state index in [4.69, 9.17) is 10.2 Å². The van der Waals surface area contributed by atoms with Gasteiger partial charge in [-0.05, 0) is 18.1 Å². The Morgan fingerprint density at radius 3 is 2.58 bits per heavy atom. The Balaban J connectivity index is 3.09. The summed E-state index contributed by atoms with van der Waals surface area (Å²) in [6, 6.07) is 4.68. The molecule has 1 aromatic rings. The summed E-state index contributed by atoms with van der Waals surface area (Å²) in [6.07, 6.45) is 1.88. The highest BCUT2D eigenvalue weighted by Gasteiger charge is 2.19. The fourth-order valence-electron chi connectivity index (χ4n) is 1.90. The van der Waals surface area contributed by atoms with E-state index in [1.807, 2.05) is 11.8 Å². The summed E-state index contributed by atoms with van der Waals surface area (Å²) in [4.78, 5) is 12.5. The van der Waals surface area contributed by atoms with Gasteiger partial charge in [-0.15, -0.1) is 0 Å². The van der Waals surface area contributed by atoms with Crippen LogP contribution in [0.1, 0.15) is 25.3 Å². The van der Waals surface area contributed by atoms with Gasteiger partial charge in [-0.3, -0.25) is 10.1 Å². The lowest BCUT2D eigenvalue weighted by atomic mass is 10.1. The van der Waals surface area contributed by atoms with E-state index in [9.17, 15) is 10.1 Å². The van der Waals surface area contributed by atoms with Crippen LogP contribution in [0.4, 0.5) is 11.4 Å². The number of nitro benzene ring substituents is 1. The molecule has 0 spiro atoms. The normalized spacial score (nSPS) is 10.5. The predicted octanol–water partition coefficient (Wildman–Crippen LogP) is 1.69. The van der Waals surface area contributed by atoms with E-state index in [2.05, 4.69) is 0 Å². The first kappa shape index (κ1) is 15.4. The van der Waals surface area contributed by atoms with Gasteiger partial charge in [0.25, 0.3) is 5.69 Å². The maximum absolute atomic E-state index is 11.1. The molecule has 0 saturated heterocycles. The van der Waals surface area contributed by atoms with E-state index in [1.165, 1.54) is 6.07 Å². The number of rotatable bonds is 8. The average Bonchev–Trinajstić information content (AvgIpc) is 2.42. The molecule has 1 aromatic carbocycles. The number of nitro groups is 1. The van der Waals surface area contributed by atoms with Crippen LogP contribution in [0.25, 0.3) is 0 Å². The zero-order chi connectivity index (χ0) is 14.3. The maximum atomic E-state index is 11.1. The van der Waals surface area contributed by atoms with Crippen LogP contribution in [0.15, 0.2) is 18.2 Å². The van der Waals surface area contributed by atoms with Gasteiger partial charge in [0, 0.05) is 19.2 Å². The summed E-state index contributed by atoms with van der Waals surface area (Å²) in [6.45, 7) is 2.79. The molecule has 0 aliphatic heterocycles. The largest absolute Gasteiger partial charge is 0.395 e. The minimum Gasteiger partial charge on any atom is -0.395 e. The molecule has 0 unspecified atom stereocenters. The van der Waals surface area contributed by atoms with Gasteiger partial charge in [0.2, 0.25) is 0 Å². The third-order valence-electron chi connectivity index (χ3n) is 2.91. The van der Waals surface area contributed by atoms with Crippen molar-refractivity contribution in [3.63, 3.8) is 0 Å². The van der Waals surface area contributed by atoms with Crippen molar-refractivity contribution in [3.8, 4) is 0 Å². The van der Waals surface area contributed by atoms with Crippen LogP contribution in [0, 0.1) is 10.1 Å². The van der Waals surface area contributed by atoms with Crippen molar-refractivity contribution in [3.05, 3.63) is 33.9 Å². The Bertz CT molecular complexity index is 423. The highest BCUT2D eigenvalue weighted by molar-refractivity contribution is 5.64. The molecular weight excluding hydrogens is 248 g/mol. The van der Waals surface area contributed by atoms with Crippen LogP contribution in [0.2, 0.25) is 0 Å². The third kappa shape index (κ3) is 4.18. The molecule has 19 heavy (non-hydrogen) atoms. The Kier molecular flexibility index (Phi) is 6.24. The Morgan fingerprint density at radius 2 is 2.05 bits per heavy atom. The third-order valence-corrected chi connectivity index (χ3v) is 2.91. The molecular formula is C13H20N2O4. The molecule has 0 fully saturated rings. The lowest BCUT2D eigenvalue weighted by molar-refractivity contribution is -0.384. The number of hydrogen-bond acceptors (Lipinski definition) is 5. The van der Waals surface area contributed by atoms with Gasteiger partial charge < -0.3 is 15.1 Å². The Morgan fingerprint density at radius 1 is 1.32 bits per heavy atom. The minimum atomic E-state index is -0.454. The van der Waals surface area contributed by atoms with Gasteiger partial charge in [0.05, 0.1) is 18.1 Å². The molecule has 0 radical (unpaired) electrons. The van der Waals surface area contributed by atoms with Crippen molar-refractivity contribution in [1.82, 2.24) is 0 Å². The van der Waals surface area contributed by atoms with Crippen molar-refractivity contribution in [2.24, 2.45) is 0 Å². The molecule has 0 aromatic heterocycles. The quantitative estimate of drug-likeness (QED) is 0.553. The van der Waals surface area contributed by atoms with Gasteiger partial charge in [0.1, 0.15) is 5.69 Å². The summed E-state index contributed by atoms with van der Waals surface area (Å²) in [7, 11) is 0. The van der Waals surface area contributed by atoms with Crippen molar-refractivity contribution in [2.75, 3.05) is 24.6 Å². The number of hydrogen-bond donors (Lipinski definition) is 2. The van der Waals surface area contributed by atoms with Gasteiger partial charge in [-0.1, -0.05) is 19.4 Å².